The zero-order chi connectivity index (χ0) is 26.9. The van der Waals surface area contributed by atoms with Gasteiger partial charge in [-0.2, -0.15) is 0 Å². The first-order chi connectivity index (χ1) is 17.8. The quantitative estimate of drug-likeness (QED) is 0.484. The molecule has 1 aromatic carbocycles. The predicted octanol–water partition coefficient (Wildman–Crippen LogP) is 2.34. The minimum atomic E-state index is -0.721. The highest BCUT2D eigenvalue weighted by atomic mass is 16.5. The van der Waals surface area contributed by atoms with Crippen molar-refractivity contribution in [2.75, 3.05) is 67.1 Å². The van der Waals surface area contributed by atoms with Crippen LogP contribution in [0.25, 0.3) is 0 Å². The first-order valence-corrected chi connectivity index (χ1v) is 12.8. The van der Waals surface area contributed by atoms with Gasteiger partial charge < -0.3 is 29.7 Å². The Labute approximate surface area is 218 Å². The number of methoxy groups -OCH3 is 2. The minimum absolute atomic E-state index is 0.0576. The lowest BCUT2D eigenvalue weighted by atomic mass is 9.94. The molecule has 4 amide bonds. The number of carbonyl (C=O) groups excluding carboxylic acids is 3. The van der Waals surface area contributed by atoms with Crippen molar-refractivity contribution in [2.24, 2.45) is 0 Å². The Morgan fingerprint density at radius 3 is 2.51 bits per heavy atom. The average molecular weight is 518 g/mol. The molecule has 2 aliphatic rings. The van der Waals surface area contributed by atoms with E-state index in [9.17, 15) is 14.4 Å². The van der Waals surface area contributed by atoms with Crippen LogP contribution in [0.15, 0.2) is 29.5 Å². The van der Waals surface area contributed by atoms with Crippen LogP contribution in [0.1, 0.15) is 38.3 Å². The number of esters is 1. The topological polar surface area (TPSA) is 113 Å². The van der Waals surface area contributed by atoms with Gasteiger partial charge in [0.2, 0.25) is 0 Å². The molecule has 0 spiro atoms. The van der Waals surface area contributed by atoms with Gasteiger partial charge in [-0.25, -0.2) is 14.4 Å². The molecule has 11 nitrogen and oxygen atoms in total. The SMILES string of the molecule is CCCNC(=O)N1CCCN(CC2=C(C(=O)OCC)C(c3ccc(OC)c(OC)c3)NC(=O)N2C)CC1. The molecule has 0 saturated carbocycles. The number of likely N-dealkylation sites (N-methyl/N-ethyl adjacent to an activating group) is 1. The maximum atomic E-state index is 13.3. The maximum absolute atomic E-state index is 13.3. The first kappa shape index (κ1) is 28.1. The van der Waals surface area contributed by atoms with Gasteiger partial charge in [-0.3, -0.25) is 9.80 Å². The van der Waals surface area contributed by atoms with Crippen LogP contribution in [0, 0.1) is 0 Å². The Morgan fingerprint density at radius 1 is 1.08 bits per heavy atom. The molecule has 3 rings (SSSR count). The average Bonchev–Trinajstić information content (AvgIpc) is 3.15. The van der Waals surface area contributed by atoms with Gasteiger partial charge in [0, 0.05) is 52.0 Å². The van der Waals surface area contributed by atoms with Crippen LogP contribution in [-0.2, 0) is 9.53 Å². The molecular weight excluding hydrogens is 478 g/mol. The zero-order valence-electron chi connectivity index (χ0n) is 22.5. The van der Waals surface area contributed by atoms with E-state index >= 15 is 0 Å². The molecular formula is C26H39N5O6. The number of amides is 4. The Hall–Kier alpha value is -3.47. The fourth-order valence-corrected chi connectivity index (χ4v) is 4.57. The largest absolute Gasteiger partial charge is 0.493 e. The number of hydrogen-bond acceptors (Lipinski definition) is 7. The van der Waals surface area contributed by atoms with Gasteiger partial charge in [-0.1, -0.05) is 13.0 Å². The van der Waals surface area contributed by atoms with Crippen LogP contribution >= 0.6 is 0 Å². The van der Waals surface area contributed by atoms with E-state index in [1.165, 1.54) is 12.0 Å². The third kappa shape index (κ3) is 6.65. The van der Waals surface area contributed by atoms with Gasteiger partial charge in [-0.05, 0) is 37.5 Å². The van der Waals surface area contributed by atoms with E-state index in [4.69, 9.17) is 14.2 Å². The van der Waals surface area contributed by atoms with E-state index in [1.54, 1.807) is 39.3 Å². The van der Waals surface area contributed by atoms with Crippen LogP contribution < -0.4 is 20.1 Å². The molecule has 37 heavy (non-hydrogen) atoms. The van der Waals surface area contributed by atoms with Crippen molar-refractivity contribution in [3.05, 3.63) is 35.0 Å². The molecule has 11 heteroatoms. The summed E-state index contributed by atoms with van der Waals surface area (Å²) in [4.78, 5) is 44.2. The summed E-state index contributed by atoms with van der Waals surface area (Å²) in [6.07, 6.45) is 1.67. The molecule has 2 heterocycles. The van der Waals surface area contributed by atoms with Gasteiger partial charge in [0.25, 0.3) is 0 Å². The van der Waals surface area contributed by atoms with Crippen molar-refractivity contribution in [2.45, 2.75) is 32.7 Å². The third-order valence-electron chi connectivity index (χ3n) is 6.59. The number of urea groups is 2. The first-order valence-electron chi connectivity index (χ1n) is 12.8. The second-order valence-corrected chi connectivity index (χ2v) is 8.99. The molecule has 0 bridgehead atoms. The highest BCUT2D eigenvalue weighted by Gasteiger charge is 2.38. The fraction of sp³-hybridized carbons (Fsp3) is 0.577. The molecule has 2 N–H and O–H groups in total. The van der Waals surface area contributed by atoms with Crippen LogP contribution in [-0.4, -0.2) is 99.9 Å². The van der Waals surface area contributed by atoms with Crippen molar-refractivity contribution >= 4 is 18.0 Å². The lowest BCUT2D eigenvalue weighted by Gasteiger charge is -2.36. The van der Waals surface area contributed by atoms with Crippen LogP contribution in [0.5, 0.6) is 11.5 Å². The summed E-state index contributed by atoms with van der Waals surface area (Å²) in [5.41, 5.74) is 1.62. The van der Waals surface area contributed by atoms with Crippen molar-refractivity contribution in [3.8, 4) is 11.5 Å². The van der Waals surface area contributed by atoms with Crippen molar-refractivity contribution in [3.63, 3.8) is 0 Å². The molecule has 0 aromatic heterocycles. The Morgan fingerprint density at radius 2 is 1.84 bits per heavy atom. The lowest BCUT2D eigenvalue weighted by molar-refractivity contribution is -0.139. The van der Waals surface area contributed by atoms with E-state index in [1.807, 2.05) is 11.8 Å². The highest BCUT2D eigenvalue weighted by Crippen LogP contribution is 2.36. The molecule has 1 fully saturated rings. The highest BCUT2D eigenvalue weighted by molar-refractivity contribution is 5.95. The molecule has 0 radical (unpaired) electrons. The summed E-state index contributed by atoms with van der Waals surface area (Å²) in [5.74, 6) is 0.552. The number of nitrogens with one attached hydrogen (secondary N) is 2. The van der Waals surface area contributed by atoms with E-state index in [-0.39, 0.29) is 18.7 Å². The lowest BCUT2D eigenvalue weighted by Crippen LogP contribution is -2.49. The smallest absolute Gasteiger partial charge is 0.338 e. The number of nitrogens with zero attached hydrogens (tertiary/aromatic N) is 3. The van der Waals surface area contributed by atoms with Crippen molar-refractivity contribution < 1.29 is 28.6 Å². The monoisotopic (exact) mass is 517 g/mol. The predicted molar refractivity (Wildman–Crippen MR) is 139 cm³/mol. The van der Waals surface area contributed by atoms with Gasteiger partial charge in [0.15, 0.2) is 11.5 Å². The second kappa shape index (κ2) is 13.2. The molecule has 1 unspecified atom stereocenters. The summed E-state index contributed by atoms with van der Waals surface area (Å²) < 4.78 is 16.2. The summed E-state index contributed by atoms with van der Waals surface area (Å²) >= 11 is 0. The number of ether oxygens (including phenoxy) is 3. The molecule has 0 aliphatic carbocycles. The molecule has 2 aliphatic heterocycles. The number of benzene rings is 1. The summed E-state index contributed by atoms with van der Waals surface area (Å²) in [6.45, 7) is 7.55. The summed E-state index contributed by atoms with van der Waals surface area (Å²) in [6, 6.07) is 4.20. The van der Waals surface area contributed by atoms with Gasteiger partial charge in [-0.15, -0.1) is 0 Å². The van der Waals surface area contributed by atoms with Gasteiger partial charge in [0.1, 0.15) is 0 Å². The molecule has 204 valence electrons. The number of carbonyl (C=O) groups is 3. The van der Waals surface area contributed by atoms with E-state index in [0.717, 1.165) is 19.4 Å². The van der Waals surface area contributed by atoms with Gasteiger partial charge >= 0.3 is 18.0 Å². The third-order valence-corrected chi connectivity index (χ3v) is 6.59. The Kier molecular flexibility index (Phi) is 10.0. The van der Waals surface area contributed by atoms with E-state index in [2.05, 4.69) is 15.5 Å². The van der Waals surface area contributed by atoms with Crippen molar-refractivity contribution in [1.29, 1.82) is 0 Å². The Bertz CT molecular complexity index is 1010. The Balaban J connectivity index is 1.93. The van der Waals surface area contributed by atoms with Crippen LogP contribution in [0.2, 0.25) is 0 Å². The number of rotatable bonds is 9. The van der Waals surface area contributed by atoms with Crippen LogP contribution in [0.4, 0.5) is 9.59 Å². The van der Waals surface area contributed by atoms with E-state index in [0.29, 0.717) is 61.1 Å². The van der Waals surface area contributed by atoms with Crippen LogP contribution in [0.3, 0.4) is 0 Å². The standard InChI is InChI=1S/C26H39N5O6/c1-6-11-27-25(33)31-13-8-12-30(14-15-31)17-19-22(24(32)37-7-2)23(28-26(34)29(19)3)18-9-10-20(35-4)21(16-18)36-5/h9-10,16,23H,6-8,11-15,17H2,1-5H3,(H,27,33)(H,28,34). The number of hydrogen-bond donors (Lipinski definition) is 2. The zero-order valence-corrected chi connectivity index (χ0v) is 22.5. The summed E-state index contributed by atoms with van der Waals surface area (Å²) in [7, 11) is 4.73. The second-order valence-electron chi connectivity index (χ2n) is 8.99. The van der Waals surface area contributed by atoms with Crippen molar-refractivity contribution in [1.82, 2.24) is 25.3 Å². The molecule has 1 atom stereocenters. The van der Waals surface area contributed by atoms with Gasteiger partial charge in [0.05, 0.1) is 32.4 Å². The van der Waals surface area contributed by atoms with E-state index < -0.39 is 12.0 Å². The minimum Gasteiger partial charge on any atom is -0.493 e. The fourth-order valence-electron chi connectivity index (χ4n) is 4.57. The summed E-state index contributed by atoms with van der Waals surface area (Å²) in [5, 5.41) is 5.87. The molecule has 1 aromatic rings. The normalized spacial score (nSPS) is 18.7. The molecule has 1 saturated heterocycles. The maximum Gasteiger partial charge on any atom is 0.338 e.